The number of benzene rings is 1. The van der Waals surface area contributed by atoms with Crippen molar-refractivity contribution in [1.82, 2.24) is 4.90 Å². The molecule has 1 aromatic rings. The fourth-order valence-electron chi connectivity index (χ4n) is 2.58. The number of rotatable bonds is 5. The van der Waals surface area contributed by atoms with E-state index in [0.29, 0.717) is 0 Å². The molecule has 1 atom stereocenters. The zero-order valence-corrected chi connectivity index (χ0v) is 12.9. The largest absolute Gasteiger partial charge is 0.373 e. The molecule has 1 heterocycles. The second-order valence-electron chi connectivity index (χ2n) is 5.04. The van der Waals surface area contributed by atoms with E-state index < -0.39 is 0 Å². The lowest BCUT2D eigenvalue weighted by molar-refractivity contribution is 0.0309. The molecule has 2 rings (SSSR count). The molecular formula is C15H22BrNO. The van der Waals surface area contributed by atoms with Crippen molar-refractivity contribution in [3.8, 4) is 0 Å². The van der Waals surface area contributed by atoms with Crippen molar-refractivity contribution in [3.63, 3.8) is 0 Å². The van der Waals surface area contributed by atoms with Gasteiger partial charge < -0.3 is 9.64 Å². The molecule has 0 amide bonds. The molecule has 0 saturated heterocycles. The topological polar surface area (TPSA) is 12.5 Å². The first kappa shape index (κ1) is 14.0. The quantitative estimate of drug-likeness (QED) is 0.820. The molecule has 0 aliphatic carbocycles. The highest BCUT2D eigenvalue weighted by Gasteiger charge is 2.20. The first-order valence-electron chi connectivity index (χ1n) is 6.79. The summed E-state index contributed by atoms with van der Waals surface area (Å²) in [6, 6.07) is 6.57. The highest BCUT2D eigenvalue weighted by molar-refractivity contribution is 9.10. The van der Waals surface area contributed by atoms with Crippen LogP contribution in [-0.4, -0.2) is 31.6 Å². The van der Waals surface area contributed by atoms with Gasteiger partial charge in [0.15, 0.2) is 0 Å². The minimum Gasteiger partial charge on any atom is -0.373 e. The summed E-state index contributed by atoms with van der Waals surface area (Å²) < 4.78 is 7.10. The van der Waals surface area contributed by atoms with Crippen molar-refractivity contribution in [1.29, 1.82) is 0 Å². The van der Waals surface area contributed by atoms with E-state index in [2.05, 4.69) is 53.0 Å². The Morgan fingerprint density at radius 1 is 1.39 bits per heavy atom. The van der Waals surface area contributed by atoms with Crippen molar-refractivity contribution < 1.29 is 4.74 Å². The van der Waals surface area contributed by atoms with Gasteiger partial charge in [0.1, 0.15) is 0 Å². The van der Waals surface area contributed by atoms with Crippen LogP contribution in [-0.2, 0) is 11.2 Å². The summed E-state index contributed by atoms with van der Waals surface area (Å²) in [5.41, 5.74) is 2.83. The highest BCUT2D eigenvalue weighted by atomic mass is 79.9. The van der Waals surface area contributed by atoms with E-state index in [4.69, 9.17) is 4.74 Å². The Morgan fingerprint density at radius 2 is 2.22 bits per heavy atom. The zero-order chi connectivity index (χ0) is 13.0. The molecule has 3 heteroatoms. The summed E-state index contributed by atoms with van der Waals surface area (Å²) in [5.74, 6) is 0. The van der Waals surface area contributed by atoms with Crippen LogP contribution in [0.15, 0.2) is 22.7 Å². The van der Waals surface area contributed by atoms with E-state index in [1.54, 1.807) is 0 Å². The molecule has 1 unspecified atom stereocenters. The number of fused-ring (bicyclic) bond motifs is 1. The number of hydrogen-bond acceptors (Lipinski definition) is 2. The zero-order valence-electron chi connectivity index (χ0n) is 11.3. The van der Waals surface area contributed by atoms with Crippen molar-refractivity contribution >= 4 is 15.9 Å². The van der Waals surface area contributed by atoms with Gasteiger partial charge in [-0.25, -0.2) is 0 Å². The van der Waals surface area contributed by atoms with Crippen LogP contribution in [0.4, 0.5) is 0 Å². The number of hydrogen-bond donors (Lipinski definition) is 0. The lowest BCUT2D eigenvalue weighted by atomic mass is 9.96. The normalized spacial score (nSPS) is 19.0. The minimum absolute atomic E-state index is 0.279. The maximum atomic E-state index is 5.93. The third-order valence-corrected chi connectivity index (χ3v) is 4.01. The first-order valence-corrected chi connectivity index (χ1v) is 7.58. The van der Waals surface area contributed by atoms with Gasteiger partial charge in [0.2, 0.25) is 0 Å². The molecule has 100 valence electrons. The van der Waals surface area contributed by atoms with Gasteiger partial charge in [-0.15, -0.1) is 0 Å². The Balaban J connectivity index is 1.99. The molecule has 1 aromatic carbocycles. The van der Waals surface area contributed by atoms with Crippen molar-refractivity contribution in [2.75, 3.05) is 26.7 Å². The summed E-state index contributed by atoms with van der Waals surface area (Å²) >= 11 is 3.54. The van der Waals surface area contributed by atoms with E-state index in [-0.39, 0.29) is 6.10 Å². The second kappa shape index (κ2) is 6.69. The van der Waals surface area contributed by atoms with Gasteiger partial charge in [-0.2, -0.15) is 0 Å². The molecule has 0 spiro atoms. The molecular weight excluding hydrogens is 290 g/mol. The van der Waals surface area contributed by atoms with Gasteiger partial charge in [-0.05, 0) is 56.1 Å². The van der Waals surface area contributed by atoms with Gasteiger partial charge in [0.05, 0.1) is 12.7 Å². The Labute approximate surface area is 118 Å². The minimum atomic E-state index is 0.279. The fraction of sp³-hybridized carbons (Fsp3) is 0.600. The highest BCUT2D eigenvalue weighted by Crippen LogP contribution is 2.31. The van der Waals surface area contributed by atoms with Gasteiger partial charge in [0, 0.05) is 11.0 Å². The lowest BCUT2D eigenvalue weighted by Crippen LogP contribution is -2.25. The van der Waals surface area contributed by atoms with Crippen LogP contribution in [0.2, 0.25) is 0 Å². The Bertz CT molecular complexity index is 394. The van der Waals surface area contributed by atoms with Gasteiger partial charge >= 0.3 is 0 Å². The molecule has 0 saturated carbocycles. The van der Waals surface area contributed by atoms with Gasteiger partial charge in [-0.1, -0.05) is 28.9 Å². The molecule has 0 bridgehead atoms. The monoisotopic (exact) mass is 311 g/mol. The second-order valence-corrected chi connectivity index (χ2v) is 5.96. The Kier molecular flexibility index (Phi) is 5.22. The predicted molar refractivity (Wildman–Crippen MR) is 78.9 cm³/mol. The van der Waals surface area contributed by atoms with Gasteiger partial charge in [-0.3, -0.25) is 0 Å². The molecule has 0 N–H and O–H groups in total. The number of nitrogens with zero attached hydrogens (tertiary/aromatic N) is 1. The maximum absolute atomic E-state index is 5.93. The lowest BCUT2D eigenvalue weighted by Gasteiger charge is -2.28. The standard InChI is InChI=1S/C15H22BrNO/c1-3-8-17(2)9-6-15-14-5-4-13(16)11-12(14)7-10-18-15/h4-5,11,15H,3,6-10H2,1-2H3. The van der Waals surface area contributed by atoms with E-state index >= 15 is 0 Å². The molecule has 0 fully saturated rings. The van der Waals surface area contributed by atoms with E-state index in [9.17, 15) is 0 Å². The molecule has 0 aromatic heterocycles. The molecule has 18 heavy (non-hydrogen) atoms. The van der Waals surface area contributed by atoms with Crippen LogP contribution in [0.5, 0.6) is 0 Å². The van der Waals surface area contributed by atoms with E-state index in [1.165, 1.54) is 28.6 Å². The van der Waals surface area contributed by atoms with Crippen LogP contribution < -0.4 is 0 Å². The SMILES string of the molecule is CCCN(C)CCC1OCCc2cc(Br)ccc21. The van der Waals surface area contributed by atoms with E-state index in [1.807, 2.05) is 0 Å². The fourth-order valence-corrected chi connectivity index (χ4v) is 2.98. The van der Waals surface area contributed by atoms with Crippen LogP contribution in [0.1, 0.15) is 37.0 Å². The van der Waals surface area contributed by atoms with Crippen LogP contribution in [0.25, 0.3) is 0 Å². The predicted octanol–water partition coefficient (Wildman–Crippen LogP) is 3.79. The van der Waals surface area contributed by atoms with Crippen molar-refractivity contribution in [2.24, 2.45) is 0 Å². The average Bonchev–Trinajstić information content (AvgIpc) is 2.36. The van der Waals surface area contributed by atoms with E-state index in [0.717, 1.165) is 26.0 Å². The average molecular weight is 312 g/mol. The summed E-state index contributed by atoms with van der Waals surface area (Å²) in [5, 5.41) is 0. The molecule has 1 aliphatic heterocycles. The third-order valence-electron chi connectivity index (χ3n) is 3.52. The molecule has 2 nitrogen and oxygen atoms in total. The molecule has 1 aliphatic rings. The summed E-state index contributed by atoms with van der Waals surface area (Å²) in [4.78, 5) is 2.39. The first-order chi connectivity index (χ1) is 8.70. The van der Waals surface area contributed by atoms with Crippen molar-refractivity contribution in [3.05, 3.63) is 33.8 Å². The number of halogens is 1. The van der Waals surface area contributed by atoms with Crippen LogP contribution in [0.3, 0.4) is 0 Å². The molecule has 0 radical (unpaired) electrons. The van der Waals surface area contributed by atoms with Gasteiger partial charge in [0.25, 0.3) is 0 Å². The van der Waals surface area contributed by atoms with Crippen molar-refractivity contribution in [2.45, 2.75) is 32.3 Å². The summed E-state index contributed by atoms with van der Waals surface area (Å²) in [7, 11) is 2.19. The summed E-state index contributed by atoms with van der Waals surface area (Å²) in [6.07, 6.45) is 3.62. The number of ether oxygens (including phenoxy) is 1. The maximum Gasteiger partial charge on any atom is 0.0839 e. The third kappa shape index (κ3) is 3.56. The van der Waals surface area contributed by atoms with Crippen LogP contribution >= 0.6 is 15.9 Å². The Morgan fingerprint density at radius 3 is 3.00 bits per heavy atom. The summed E-state index contributed by atoms with van der Waals surface area (Å²) in [6.45, 7) is 5.35. The van der Waals surface area contributed by atoms with Crippen LogP contribution in [0, 0.1) is 0 Å². The smallest absolute Gasteiger partial charge is 0.0839 e. The Hall–Kier alpha value is -0.380.